The van der Waals surface area contributed by atoms with E-state index in [1.807, 2.05) is 56.3 Å². The number of amides is 4. The summed E-state index contributed by atoms with van der Waals surface area (Å²) >= 11 is 0. The van der Waals surface area contributed by atoms with Crippen LogP contribution in [0.25, 0.3) is 10.8 Å². The van der Waals surface area contributed by atoms with Crippen molar-refractivity contribution >= 4 is 34.4 Å². The fourth-order valence-corrected chi connectivity index (χ4v) is 4.86. The van der Waals surface area contributed by atoms with Gasteiger partial charge in [0.15, 0.2) is 0 Å². The Labute approximate surface area is 217 Å². The molecule has 0 saturated heterocycles. The average molecular weight is 511 g/mol. The molecule has 2 aromatic rings. The minimum atomic E-state index is -0.992. The van der Waals surface area contributed by atoms with Gasteiger partial charge in [0.2, 0.25) is 23.6 Å². The summed E-state index contributed by atoms with van der Waals surface area (Å²) in [4.78, 5) is 50.8. The lowest BCUT2D eigenvalue weighted by atomic mass is 9.78. The average Bonchev–Trinajstić information content (AvgIpc) is 2.84. The summed E-state index contributed by atoms with van der Waals surface area (Å²) in [7, 11) is 0. The standard InChI is InChI=1S/C28H38N4O5/c1-17(2)13-23(26(29)34)30-28(36)24(15-20-11-6-10-19-9-3-4-12-22(19)20)31-27(35)21(16-25(33)32-37)14-18-7-5-8-18/h3-4,6,9-12,17-18,21,23-24,37H,5,7-8,13-16H2,1-2H3,(H2,29,34)(H,30,36)(H,31,35)(H,32,33)/t21-,23+,24+/m1/s1. The van der Waals surface area contributed by atoms with Gasteiger partial charge in [0.1, 0.15) is 12.1 Å². The minimum absolute atomic E-state index is 0.118. The van der Waals surface area contributed by atoms with Crippen LogP contribution in [0.3, 0.4) is 0 Å². The summed E-state index contributed by atoms with van der Waals surface area (Å²) in [6, 6.07) is 11.7. The second kappa shape index (κ2) is 13.2. The van der Waals surface area contributed by atoms with Gasteiger partial charge in [0, 0.05) is 18.8 Å². The van der Waals surface area contributed by atoms with Crippen molar-refractivity contribution < 1.29 is 24.4 Å². The van der Waals surface area contributed by atoms with Crippen LogP contribution in [0.1, 0.15) is 57.9 Å². The Balaban J connectivity index is 1.86. The lowest BCUT2D eigenvalue weighted by Gasteiger charge is -2.30. The third kappa shape index (κ3) is 8.01. The number of fused-ring (bicyclic) bond motifs is 1. The molecule has 1 aliphatic carbocycles. The zero-order chi connectivity index (χ0) is 26.9. The normalized spacial score (nSPS) is 15.9. The fraction of sp³-hybridized carbons (Fsp3) is 0.500. The highest BCUT2D eigenvalue weighted by molar-refractivity contribution is 5.94. The van der Waals surface area contributed by atoms with Crippen LogP contribution in [0, 0.1) is 17.8 Å². The van der Waals surface area contributed by atoms with Crippen molar-refractivity contribution in [3.63, 3.8) is 0 Å². The molecule has 0 heterocycles. The Bertz CT molecular complexity index is 1110. The molecule has 0 radical (unpaired) electrons. The van der Waals surface area contributed by atoms with Gasteiger partial charge in [-0.05, 0) is 41.0 Å². The highest BCUT2D eigenvalue weighted by Gasteiger charge is 2.32. The molecule has 1 saturated carbocycles. The van der Waals surface area contributed by atoms with Gasteiger partial charge in [0.05, 0.1) is 0 Å². The molecule has 0 spiro atoms. The van der Waals surface area contributed by atoms with Crippen LogP contribution < -0.4 is 21.8 Å². The van der Waals surface area contributed by atoms with E-state index in [9.17, 15) is 19.2 Å². The summed E-state index contributed by atoms with van der Waals surface area (Å²) < 4.78 is 0. The summed E-state index contributed by atoms with van der Waals surface area (Å²) in [5, 5.41) is 16.6. The van der Waals surface area contributed by atoms with E-state index in [0.29, 0.717) is 18.8 Å². The molecule has 200 valence electrons. The minimum Gasteiger partial charge on any atom is -0.368 e. The summed E-state index contributed by atoms with van der Waals surface area (Å²) in [5.74, 6) is -2.48. The van der Waals surface area contributed by atoms with Gasteiger partial charge >= 0.3 is 0 Å². The van der Waals surface area contributed by atoms with Crippen molar-refractivity contribution in [1.82, 2.24) is 16.1 Å². The number of carbonyl (C=O) groups excluding carboxylic acids is 4. The molecule has 1 aliphatic rings. The molecule has 0 aliphatic heterocycles. The number of hydrogen-bond acceptors (Lipinski definition) is 5. The second-order valence-corrected chi connectivity index (χ2v) is 10.5. The van der Waals surface area contributed by atoms with Crippen molar-refractivity contribution in [2.75, 3.05) is 0 Å². The highest BCUT2D eigenvalue weighted by Crippen LogP contribution is 2.33. The quantitative estimate of drug-likeness (QED) is 0.207. The van der Waals surface area contributed by atoms with Crippen LogP contribution in [0.5, 0.6) is 0 Å². The smallest absolute Gasteiger partial charge is 0.244 e. The van der Waals surface area contributed by atoms with E-state index in [1.54, 1.807) is 5.48 Å². The first-order valence-electron chi connectivity index (χ1n) is 13.0. The molecule has 9 heteroatoms. The summed E-state index contributed by atoms with van der Waals surface area (Å²) in [6.45, 7) is 3.85. The first-order chi connectivity index (χ1) is 17.7. The second-order valence-electron chi connectivity index (χ2n) is 10.5. The summed E-state index contributed by atoms with van der Waals surface area (Å²) in [5.41, 5.74) is 8.01. The number of rotatable bonds is 13. The Morgan fingerprint density at radius 3 is 2.27 bits per heavy atom. The van der Waals surface area contributed by atoms with E-state index in [-0.39, 0.29) is 18.8 Å². The van der Waals surface area contributed by atoms with E-state index in [4.69, 9.17) is 10.9 Å². The van der Waals surface area contributed by atoms with Crippen molar-refractivity contribution in [3.8, 4) is 0 Å². The predicted octanol–water partition coefficient (Wildman–Crippen LogP) is 2.59. The number of nitrogens with one attached hydrogen (secondary N) is 3. The Morgan fingerprint density at radius 2 is 1.65 bits per heavy atom. The lowest BCUT2D eigenvalue weighted by molar-refractivity contribution is -0.137. The van der Waals surface area contributed by atoms with Gasteiger partial charge in [-0.25, -0.2) is 5.48 Å². The molecule has 3 atom stereocenters. The lowest BCUT2D eigenvalue weighted by Crippen LogP contribution is -2.55. The number of hydroxylamine groups is 1. The largest absolute Gasteiger partial charge is 0.368 e. The van der Waals surface area contributed by atoms with E-state index in [2.05, 4.69) is 10.6 Å². The molecule has 0 unspecified atom stereocenters. The molecule has 2 aromatic carbocycles. The maximum atomic E-state index is 13.5. The van der Waals surface area contributed by atoms with E-state index >= 15 is 0 Å². The topological polar surface area (TPSA) is 151 Å². The molecule has 0 aromatic heterocycles. The zero-order valence-electron chi connectivity index (χ0n) is 21.5. The monoisotopic (exact) mass is 510 g/mol. The Kier molecular flexibility index (Phi) is 10.0. The van der Waals surface area contributed by atoms with Crippen molar-refractivity contribution in [1.29, 1.82) is 0 Å². The van der Waals surface area contributed by atoms with Crippen LogP contribution >= 0.6 is 0 Å². The van der Waals surface area contributed by atoms with Crippen molar-refractivity contribution in [2.45, 2.75) is 70.9 Å². The molecular formula is C28H38N4O5. The number of hydrogen-bond donors (Lipinski definition) is 5. The molecule has 9 nitrogen and oxygen atoms in total. The van der Waals surface area contributed by atoms with Crippen molar-refractivity contribution in [3.05, 3.63) is 48.0 Å². The van der Waals surface area contributed by atoms with Crippen molar-refractivity contribution in [2.24, 2.45) is 23.5 Å². The maximum Gasteiger partial charge on any atom is 0.244 e. The van der Waals surface area contributed by atoms with Gasteiger partial charge in [-0.1, -0.05) is 75.6 Å². The van der Waals surface area contributed by atoms with Gasteiger partial charge in [-0.2, -0.15) is 0 Å². The molecule has 1 fully saturated rings. The van der Waals surface area contributed by atoms with Crippen LogP contribution in [0.2, 0.25) is 0 Å². The Hall–Kier alpha value is -3.46. The molecule has 3 rings (SSSR count). The molecule has 4 amide bonds. The number of nitrogens with two attached hydrogens (primary N) is 1. The molecule has 0 bridgehead atoms. The predicted molar refractivity (Wildman–Crippen MR) is 140 cm³/mol. The van der Waals surface area contributed by atoms with Gasteiger partial charge in [0.25, 0.3) is 0 Å². The van der Waals surface area contributed by atoms with E-state index < -0.39 is 41.6 Å². The van der Waals surface area contributed by atoms with Gasteiger partial charge < -0.3 is 16.4 Å². The highest BCUT2D eigenvalue weighted by atomic mass is 16.5. The van der Waals surface area contributed by atoms with Crippen LogP contribution in [-0.4, -0.2) is 40.9 Å². The first-order valence-corrected chi connectivity index (χ1v) is 13.0. The van der Waals surface area contributed by atoms with E-state index in [0.717, 1.165) is 35.6 Å². The van der Waals surface area contributed by atoms with Crippen LogP contribution in [0.4, 0.5) is 0 Å². The summed E-state index contributed by atoms with van der Waals surface area (Å²) in [6.07, 6.45) is 3.94. The number of carbonyl (C=O) groups is 4. The first kappa shape index (κ1) is 28.1. The zero-order valence-corrected chi connectivity index (χ0v) is 21.5. The third-order valence-electron chi connectivity index (χ3n) is 7.07. The molecule has 37 heavy (non-hydrogen) atoms. The van der Waals surface area contributed by atoms with Gasteiger partial charge in [-0.3, -0.25) is 24.4 Å². The fourth-order valence-electron chi connectivity index (χ4n) is 4.86. The SMILES string of the molecule is CC(C)C[C@H](NC(=O)[C@H](Cc1cccc2ccccc12)NC(=O)[C@@H](CC(=O)NO)CC1CCC1)C(N)=O. The Morgan fingerprint density at radius 1 is 0.973 bits per heavy atom. The molecular weight excluding hydrogens is 472 g/mol. The third-order valence-corrected chi connectivity index (χ3v) is 7.07. The van der Waals surface area contributed by atoms with Crippen LogP contribution in [-0.2, 0) is 25.6 Å². The van der Waals surface area contributed by atoms with Gasteiger partial charge in [-0.15, -0.1) is 0 Å². The van der Waals surface area contributed by atoms with E-state index in [1.165, 1.54) is 0 Å². The maximum absolute atomic E-state index is 13.5. The number of primary amides is 1. The number of benzene rings is 2. The molecule has 6 N–H and O–H groups in total. The van der Waals surface area contributed by atoms with Crippen LogP contribution in [0.15, 0.2) is 42.5 Å².